The number of carbonyl (C=O) groups excluding carboxylic acids is 1. The molecule has 0 spiro atoms. The third kappa shape index (κ3) is 4.58. The Morgan fingerprint density at radius 1 is 1.04 bits per heavy atom. The molecule has 6 heteroatoms. The molecule has 24 heavy (non-hydrogen) atoms. The molecule has 0 radical (unpaired) electrons. The van der Waals surface area contributed by atoms with Gasteiger partial charge < -0.3 is 5.73 Å². The van der Waals surface area contributed by atoms with Gasteiger partial charge in [0.1, 0.15) is 0 Å². The molecule has 0 aliphatic carbocycles. The van der Waals surface area contributed by atoms with Crippen molar-refractivity contribution in [2.24, 2.45) is 5.73 Å². The lowest BCUT2D eigenvalue weighted by Crippen LogP contribution is -2.18. The van der Waals surface area contributed by atoms with Crippen LogP contribution in [0.1, 0.15) is 42.1 Å². The molecule has 0 bridgehead atoms. The molecule has 0 saturated carbocycles. The number of nitrogens with one attached hydrogen (secondary N) is 1. The van der Waals surface area contributed by atoms with Crippen molar-refractivity contribution in [2.45, 2.75) is 37.5 Å². The molecule has 5 nitrogen and oxygen atoms in total. The van der Waals surface area contributed by atoms with E-state index in [2.05, 4.69) is 11.6 Å². The fourth-order valence-electron chi connectivity index (χ4n) is 2.41. The van der Waals surface area contributed by atoms with Crippen LogP contribution in [0.5, 0.6) is 0 Å². The number of rotatable bonds is 8. The highest BCUT2D eigenvalue weighted by Gasteiger charge is 2.17. The quantitative estimate of drug-likeness (QED) is 0.719. The van der Waals surface area contributed by atoms with Crippen molar-refractivity contribution in [3.05, 3.63) is 59.7 Å². The monoisotopic (exact) mass is 346 g/mol. The second-order valence-electron chi connectivity index (χ2n) is 5.62. The Morgan fingerprint density at radius 2 is 1.71 bits per heavy atom. The van der Waals surface area contributed by atoms with Crippen molar-refractivity contribution >= 4 is 21.6 Å². The zero-order valence-electron chi connectivity index (χ0n) is 13.7. The summed E-state index contributed by atoms with van der Waals surface area (Å²) < 4.78 is 27.4. The number of unbranched alkanes of at least 4 members (excludes halogenated alkanes) is 2. The van der Waals surface area contributed by atoms with E-state index in [-0.39, 0.29) is 16.1 Å². The first-order chi connectivity index (χ1) is 11.4. The molecule has 0 saturated heterocycles. The summed E-state index contributed by atoms with van der Waals surface area (Å²) in [6.07, 6.45) is 4.33. The number of amides is 1. The molecule has 2 rings (SSSR count). The van der Waals surface area contributed by atoms with Gasteiger partial charge in [0.25, 0.3) is 15.9 Å². The first-order valence-corrected chi connectivity index (χ1v) is 9.43. The molecule has 3 N–H and O–H groups in total. The van der Waals surface area contributed by atoms with Crippen LogP contribution in [-0.2, 0) is 16.4 Å². The molecule has 2 aromatic carbocycles. The Kier molecular flexibility index (Phi) is 5.98. The third-order valence-electron chi connectivity index (χ3n) is 3.74. The summed E-state index contributed by atoms with van der Waals surface area (Å²) in [4.78, 5) is 11.6. The Labute approximate surface area is 142 Å². The van der Waals surface area contributed by atoms with Crippen LogP contribution in [0.15, 0.2) is 53.4 Å². The summed E-state index contributed by atoms with van der Waals surface area (Å²) in [5.74, 6) is -0.681. The minimum Gasteiger partial charge on any atom is -0.366 e. The van der Waals surface area contributed by atoms with Crippen molar-refractivity contribution in [2.75, 3.05) is 4.72 Å². The van der Waals surface area contributed by atoms with Crippen molar-refractivity contribution in [1.82, 2.24) is 0 Å². The van der Waals surface area contributed by atoms with Gasteiger partial charge in [-0.2, -0.15) is 0 Å². The lowest BCUT2D eigenvalue weighted by Gasteiger charge is -2.11. The SMILES string of the molecule is CCCCCc1ccc(S(=O)(=O)Nc2ccccc2C(N)=O)cc1. The molecule has 128 valence electrons. The standard InChI is InChI=1S/C18H22N2O3S/c1-2-3-4-7-14-10-12-15(13-11-14)24(22,23)20-17-9-6-5-8-16(17)18(19)21/h5-6,8-13,20H,2-4,7H2,1H3,(H2,19,21). The lowest BCUT2D eigenvalue weighted by atomic mass is 10.1. The van der Waals surface area contributed by atoms with Crippen molar-refractivity contribution in [3.8, 4) is 0 Å². The van der Waals surface area contributed by atoms with Gasteiger partial charge in [0.05, 0.1) is 16.1 Å². The van der Waals surface area contributed by atoms with Crippen LogP contribution in [0.3, 0.4) is 0 Å². The second kappa shape index (κ2) is 7.97. The number of carbonyl (C=O) groups is 1. The van der Waals surface area contributed by atoms with E-state index in [0.717, 1.165) is 31.2 Å². The number of sulfonamides is 1. The summed E-state index contributed by atoms with van der Waals surface area (Å²) in [5, 5.41) is 0. The number of aryl methyl sites for hydroxylation is 1. The fraction of sp³-hybridized carbons (Fsp3) is 0.278. The highest BCUT2D eigenvalue weighted by Crippen LogP contribution is 2.20. The maximum atomic E-state index is 12.5. The van der Waals surface area contributed by atoms with Crippen LogP contribution in [0.2, 0.25) is 0 Å². The van der Waals surface area contributed by atoms with Gasteiger partial charge in [0, 0.05) is 0 Å². The lowest BCUT2D eigenvalue weighted by molar-refractivity contribution is 0.100. The van der Waals surface area contributed by atoms with E-state index in [1.165, 1.54) is 12.1 Å². The number of anilines is 1. The highest BCUT2D eigenvalue weighted by molar-refractivity contribution is 7.92. The smallest absolute Gasteiger partial charge is 0.261 e. The maximum Gasteiger partial charge on any atom is 0.261 e. The summed E-state index contributed by atoms with van der Waals surface area (Å²) in [5.41, 5.74) is 6.70. The van der Waals surface area contributed by atoms with E-state index in [4.69, 9.17) is 5.73 Å². The Morgan fingerprint density at radius 3 is 2.33 bits per heavy atom. The summed E-state index contributed by atoms with van der Waals surface area (Å²) in [7, 11) is -3.77. The molecule has 0 atom stereocenters. The Hall–Kier alpha value is -2.34. The number of hydrogen-bond donors (Lipinski definition) is 2. The first kappa shape index (κ1) is 18.0. The van der Waals surface area contributed by atoms with Crippen LogP contribution in [0.4, 0.5) is 5.69 Å². The van der Waals surface area contributed by atoms with E-state index >= 15 is 0 Å². The number of primary amides is 1. The Bertz CT molecular complexity index is 799. The van der Waals surface area contributed by atoms with Gasteiger partial charge in [-0.05, 0) is 42.7 Å². The largest absolute Gasteiger partial charge is 0.366 e. The first-order valence-electron chi connectivity index (χ1n) is 7.94. The number of hydrogen-bond acceptors (Lipinski definition) is 3. The number of para-hydroxylation sites is 1. The van der Waals surface area contributed by atoms with Gasteiger partial charge in [-0.15, -0.1) is 0 Å². The summed E-state index contributed by atoms with van der Waals surface area (Å²) in [6.45, 7) is 2.14. The number of nitrogens with two attached hydrogens (primary N) is 1. The van der Waals surface area contributed by atoms with Crippen LogP contribution in [-0.4, -0.2) is 14.3 Å². The highest BCUT2D eigenvalue weighted by atomic mass is 32.2. The number of benzene rings is 2. The van der Waals surface area contributed by atoms with Gasteiger partial charge in [0.15, 0.2) is 0 Å². The van der Waals surface area contributed by atoms with E-state index < -0.39 is 15.9 Å². The van der Waals surface area contributed by atoms with Crippen molar-refractivity contribution < 1.29 is 13.2 Å². The molecule has 0 aromatic heterocycles. The van der Waals surface area contributed by atoms with Gasteiger partial charge in [-0.3, -0.25) is 9.52 Å². The molecule has 0 unspecified atom stereocenters. The Balaban J connectivity index is 2.17. The second-order valence-corrected chi connectivity index (χ2v) is 7.30. The predicted octanol–water partition coefficient (Wildman–Crippen LogP) is 3.32. The van der Waals surface area contributed by atoms with Crippen molar-refractivity contribution in [1.29, 1.82) is 0 Å². The molecular formula is C18H22N2O3S. The van der Waals surface area contributed by atoms with E-state index in [0.29, 0.717) is 0 Å². The molecular weight excluding hydrogens is 324 g/mol. The van der Waals surface area contributed by atoms with Crippen LogP contribution in [0.25, 0.3) is 0 Å². The minimum absolute atomic E-state index is 0.136. The zero-order chi connectivity index (χ0) is 17.6. The fourth-order valence-corrected chi connectivity index (χ4v) is 3.48. The van der Waals surface area contributed by atoms with E-state index in [1.807, 2.05) is 12.1 Å². The van der Waals surface area contributed by atoms with Crippen LogP contribution < -0.4 is 10.5 Å². The molecule has 0 aliphatic heterocycles. The molecule has 1 amide bonds. The normalized spacial score (nSPS) is 11.2. The molecule has 0 fully saturated rings. The third-order valence-corrected chi connectivity index (χ3v) is 5.12. The zero-order valence-corrected chi connectivity index (χ0v) is 14.5. The average molecular weight is 346 g/mol. The summed E-state index contributed by atoms with van der Waals surface area (Å²) in [6, 6.07) is 13.1. The molecule has 0 aliphatic rings. The van der Waals surface area contributed by atoms with Gasteiger partial charge in [-0.1, -0.05) is 44.0 Å². The topological polar surface area (TPSA) is 89.3 Å². The van der Waals surface area contributed by atoms with Crippen LogP contribution >= 0.6 is 0 Å². The maximum absolute atomic E-state index is 12.5. The van der Waals surface area contributed by atoms with Gasteiger partial charge >= 0.3 is 0 Å². The van der Waals surface area contributed by atoms with E-state index in [1.54, 1.807) is 24.3 Å². The van der Waals surface area contributed by atoms with E-state index in [9.17, 15) is 13.2 Å². The van der Waals surface area contributed by atoms with Crippen LogP contribution in [0, 0.1) is 0 Å². The minimum atomic E-state index is -3.77. The van der Waals surface area contributed by atoms with Crippen molar-refractivity contribution in [3.63, 3.8) is 0 Å². The average Bonchev–Trinajstić information content (AvgIpc) is 2.55. The molecule has 0 heterocycles. The summed E-state index contributed by atoms with van der Waals surface area (Å²) >= 11 is 0. The molecule has 2 aromatic rings. The van der Waals surface area contributed by atoms with Gasteiger partial charge in [0.2, 0.25) is 0 Å². The predicted molar refractivity (Wildman–Crippen MR) is 95.4 cm³/mol. The van der Waals surface area contributed by atoms with Gasteiger partial charge in [-0.25, -0.2) is 8.42 Å².